The summed E-state index contributed by atoms with van der Waals surface area (Å²) in [5.41, 5.74) is 6.78. The summed E-state index contributed by atoms with van der Waals surface area (Å²) in [7, 11) is 1.52. The molecule has 0 saturated heterocycles. The molecule has 0 unspecified atom stereocenters. The Kier molecular flexibility index (Phi) is 5.05. The molecule has 0 heterocycles. The summed E-state index contributed by atoms with van der Waals surface area (Å²) >= 11 is 3.34. The molecule has 0 aromatic heterocycles. The Morgan fingerprint density at radius 2 is 2.10 bits per heavy atom. The Bertz CT molecular complexity index is 647. The highest BCUT2D eigenvalue weighted by molar-refractivity contribution is 9.10. The van der Waals surface area contributed by atoms with Crippen molar-refractivity contribution >= 4 is 33.2 Å². The fourth-order valence-electron chi connectivity index (χ4n) is 1.70. The normalized spacial score (nSPS) is 10.0. The summed E-state index contributed by atoms with van der Waals surface area (Å²) in [4.78, 5) is 11.9. The summed E-state index contributed by atoms with van der Waals surface area (Å²) in [6, 6.07) is 12.3. The van der Waals surface area contributed by atoms with Crippen molar-refractivity contribution < 1.29 is 14.3 Å². The number of nitrogens with one attached hydrogen (secondary N) is 1. The fourth-order valence-corrected chi connectivity index (χ4v) is 2.08. The van der Waals surface area contributed by atoms with Crippen LogP contribution in [-0.2, 0) is 4.79 Å². The van der Waals surface area contributed by atoms with E-state index in [-0.39, 0.29) is 12.5 Å². The lowest BCUT2D eigenvalue weighted by Crippen LogP contribution is -2.20. The number of carbonyl (C=O) groups excluding carboxylic acids is 1. The zero-order chi connectivity index (χ0) is 15.2. The zero-order valence-electron chi connectivity index (χ0n) is 11.4. The Hall–Kier alpha value is -2.21. The van der Waals surface area contributed by atoms with E-state index in [1.54, 1.807) is 30.3 Å². The first-order valence-electron chi connectivity index (χ1n) is 6.20. The van der Waals surface area contributed by atoms with Gasteiger partial charge in [0.2, 0.25) is 0 Å². The largest absolute Gasteiger partial charge is 0.494 e. The number of rotatable bonds is 5. The van der Waals surface area contributed by atoms with Gasteiger partial charge in [0.25, 0.3) is 5.91 Å². The molecule has 5 nitrogen and oxygen atoms in total. The standard InChI is InChI=1S/C15H15BrN2O3/c1-20-14-8-11(17)5-6-13(14)18-15(19)9-21-12-4-2-3-10(16)7-12/h2-8H,9,17H2,1H3,(H,18,19). The predicted molar refractivity (Wildman–Crippen MR) is 85.7 cm³/mol. The highest BCUT2D eigenvalue weighted by atomic mass is 79.9. The number of amides is 1. The first-order chi connectivity index (χ1) is 10.1. The quantitative estimate of drug-likeness (QED) is 0.812. The number of carbonyl (C=O) groups is 1. The minimum absolute atomic E-state index is 0.0933. The van der Waals surface area contributed by atoms with Crippen LogP contribution >= 0.6 is 15.9 Å². The van der Waals surface area contributed by atoms with E-state index in [4.69, 9.17) is 15.2 Å². The number of benzene rings is 2. The molecule has 0 spiro atoms. The number of ether oxygens (including phenoxy) is 2. The van der Waals surface area contributed by atoms with Crippen LogP contribution < -0.4 is 20.5 Å². The van der Waals surface area contributed by atoms with E-state index in [0.29, 0.717) is 22.9 Å². The minimum Gasteiger partial charge on any atom is -0.494 e. The lowest BCUT2D eigenvalue weighted by molar-refractivity contribution is -0.118. The molecule has 0 aliphatic rings. The molecule has 110 valence electrons. The van der Waals surface area contributed by atoms with E-state index < -0.39 is 0 Å². The number of nitrogens with two attached hydrogens (primary N) is 1. The summed E-state index contributed by atoms with van der Waals surface area (Å²) in [6.07, 6.45) is 0. The summed E-state index contributed by atoms with van der Waals surface area (Å²) in [6.45, 7) is -0.0933. The van der Waals surface area contributed by atoms with Crippen LogP contribution in [0.15, 0.2) is 46.9 Å². The van der Waals surface area contributed by atoms with Gasteiger partial charge in [-0.25, -0.2) is 0 Å². The second-order valence-corrected chi connectivity index (χ2v) is 5.17. The van der Waals surface area contributed by atoms with Crippen LogP contribution in [-0.4, -0.2) is 19.6 Å². The SMILES string of the molecule is COc1cc(N)ccc1NC(=O)COc1cccc(Br)c1. The molecule has 0 atom stereocenters. The van der Waals surface area contributed by atoms with Crippen molar-refractivity contribution in [2.45, 2.75) is 0 Å². The molecular formula is C15H15BrN2O3. The van der Waals surface area contributed by atoms with Crippen LogP contribution in [0.5, 0.6) is 11.5 Å². The second kappa shape index (κ2) is 6.99. The van der Waals surface area contributed by atoms with Crippen molar-refractivity contribution in [3.63, 3.8) is 0 Å². The molecule has 2 aromatic rings. The summed E-state index contributed by atoms with van der Waals surface area (Å²) in [5, 5.41) is 2.72. The van der Waals surface area contributed by atoms with Gasteiger partial charge in [0.05, 0.1) is 12.8 Å². The van der Waals surface area contributed by atoms with Crippen LogP contribution in [0.4, 0.5) is 11.4 Å². The summed E-state index contributed by atoms with van der Waals surface area (Å²) < 4.78 is 11.5. The molecule has 0 fully saturated rings. The van der Waals surface area contributed by atoms with Crippen molar-refractivity contribution in [3.8, 4) is 11.5 Å². The average molecular weight is 351 g/mol. The molecule has 1 amide bonds. The zero-order valence-corrected chi connectivity index (χ0v) is 13.0. The molecule has 0 bridgehead atoms. The molecule has 0 aliphatic carbocycles. The number of anilines is 2. The maximum atomic E-state index is 11.9. The van der Waals surface area contributed by atoms with Crippen molar-refractivity contribution in [1.29, 1.82) is 0 Å². The maximum Gasteiger partial charge on any atom is 0.262 e. The van der Waals surface area contributed by atoms with Gasteiger partial charge in [0.15, 0.2) is 6.61 Å². The molecule has 0 aliphatic heterocycles. The van der Waals surface area contributed by atoms with E-state index in [1.165, 1.54) is 7.11 Å². The number of hydrogen-bond donors (Lipinski definition) is 2. The number of halogens is 1. The van der Waals surface area contributed by atoms with Gasteiger partial charge in [-0.3, -0.25) is 4.79 Å². The molecule has 2 rings (SSSR count). The Balaban J connectivity index is 1.96. The maximum absolute atomic E-state index is 11.9. The molecule has 6 heteroatoms. The van der Waals surface area contributed by atoms with E-state index in [1.807, 2.05) is 12.1 Å². The van der Waals surface area contributed by atoms with Gasteiger partial charge < -0.3 is 20.5 Å². The van der Waals surface area contributed by atoms with E-state index >= 15 is 0 Å². The van der Waals surface area contributed by atoms with Crippen LogP contribution in [0.25, 0.3) is 0 Å². The van der Waals surface area contributed by atoms with Gasteiger partial charge >= 0.3 is 0 Å². The topological polar surface area (TPSA) is 73.6 Å². The van der Waals surface area contributed by atoms with E-state index in [0.717, 1.165) is 4.47 Å². The minimum atomic E-state index is -0.280. The smallest absolute Gasteiger partial charge is 0.262 e. The summed E-state index contributed by atoms with van der Waals surface area (Å²) in [5.74, 6) is 0.840. The lowest BCUT2D eigenvalue weighted by atomic mass is 10.2. The average Bonchev–Trinajstić information content (AvgIpc) is 2.47. The first kappa shape index (κ1) is 15.2. The third-order valence-corrected chi connectivity index (χ3v) is 3.16. The lowest BCUT2D eigenvalue weighted by Gasteiger charge is -2.11. The second-order valence-electron chi connectivity index (χ2n) is 4.25. The van der Waals surface area contributed by atoms with Crippen LogP contribution in [0.1, 0.15) is 0 Å². The first-order valence-corrected chi connectivity index (χ1v) is 6.99. The van der Waals surface area contributed by atoms with Crippen LogP contribution in [0.2, 0.25) is 0 Å². The Morgan fingerprint density at radius 1 is 1.29 bits per heavy atom. The molecular weight excluding hydrogens is 336 g/mol. The van der Waals surface area contributed by atoms with Crippen LogP contribution in [0.3, 0.4) is 0 Å². The number of nitrogen functional groups attached to an aromatic ring is 1. The van der Waals surface area contributed by atoms with Crippen molar-refractivity contribution in [2.24, 2.45) is 0 Å². The van der Waals surface area contributed by atoms with Crippen molar-refractivity contribution in [2.75, 3.05) is 24.8 Å². The predicted octanol–water partition coefficient (Wildman–Crippen LogP) is 3.06. The molecule has 21 heavy (non-hydrogen) atoms. The van der Waals surface area contributed by atoms with Gasteiger partial charge in [0, 0.05) is 16.2 Å². The van der Waals surface area contributed by atoms with Gasteiger partial charge in [-0.1, -0.05) is 22.0 Å². The van der Waals surface area contributed by atoms with Gasteiger partial charge in [0.1, 0.15) is 11.5 Å². The Labute approximate surface area is 131 Å². The van der Waals surface area contributed by atoms with Gasteiger partial charge in [-0.2, -0.15) is 0 Å². The van der Waals surface area contributed by atoms with Gasteiger partial charge in [-0.05, 0) is 30.3 Å². The third kappa shape index (κ3) is 4.39. The molecule has 3 N–H and O–H groups in total. The highest BCUT2D eigenvalue weighted by Gasteiger charge is 2.08. The van der Waals surface area contributed by atoms with Crippen molar-refractivity contribution in [1.82, 2.24) is 0 Å². The Morgan fingerprint density at radius 3 is 2.81 bits per heavy atom. The third-order valence-electron chi connectivity index (χ3n) is 2.67. The molecule has 0 radical (unpaired) electrons. The number of methoxy groups -OCH3 is 1. The highest BCUT2D eigenvalue weighted by Crippen LogP contribution is 2.26. The van der Waals surface area contributed by atoms with Crippen molar-refractivity contribution in [3.05, 3.63) is 46.9 Å². The monoisotopic (exact) mass is 350 g/mol. The molecule has 0 saturated carbocycles. The molecule has 2 aromatic carbocycles. The van der Waals surface area contributed by atoms with E-state index in [2.05, 4.69) is 21.2 Å². The van der Waals surface area contributed by atoms with E-state index in [9.17, 15) is 4.79 Å². The number of hydrogen-bond acceptors (Lipinski definition) is 4. The fraction of sp³-hybridized carbons (Fsp3) is 0.133. The van der Waals surface area contributed by atoms with Crippen LogP contribution in [0, 0.1) is 0 Å². The van der Waals surface area contributed by atoms with Gasteiger partial charge in [-0.15, -0.1) is 0 Å².